The summed E-state index contributed by atoms with van der Waals surface area (Å²) >= 11 is 7.32. The van der Waals surface area contributed by atoms with Crippen molar-refractivity contribution in [2.24, 2.45) is 0 Å². The third-order valence-electron chi connectivity index (χ3n) is 1.79. The molecule has 1 aromatic heterocycles. The predicted molar refractivity (Wildman–Crippen MR) is 67.6 cm³/mol. The van der Waals surface area contributed by atoms with Gasteiger partial charge in [-0.2, -0.15) is 0 Å². The molecule has 4 heteroatoms. The molecule has 13 heavy (non-hydrogen) atoms. The molecule has 1 aromatic carbocycles. The van der Waals surface area contributed by atoms with Gasteiger partial charge in [0, 0.05) is 23.7 Å². The second-order valence-electron chi connectivity index (χ2n) is 2.54. The molecule has 1 heterocycles. The first-order valence-corrected chi connectivity index (χ1v) is 6.29. The molecule has 0 atom stereocenters. The normalized spacial score (nSPS) is 10.6. The molecule has 0 radical (unpaired) electrons. The van der Waals surface area contributed by atoms with Crippen molar-refractivity contribution in [3.05, 3.63) is 31.1 Å². The monoisotopic (exact) mass is 366 g/mol. The molecule has 0 fully saturated rings. The van der Waals surface area contributed by atoms with E-state index in [1.165, 1.54) is 5.39 Å². The number of halogens is 2. The van der Waals surface area contributed by atoms with Gasteiger partial charge in [0.2, 0.25) is 0 Å². The SMILES string of the molecule is O=Cc1cc2sccc2c(I)c1Br. The molecule has 0 aliphatic carbocycles. The van der Waals surface area contributed by atoms with Crippen LogP contribution in [0.4, 0.5) is 0 Å². The third kappa shape index (κ3) is 1.55. The Morgan fingerprint density at radius 2 is 2.31 bits per heavy atom. The molecule has 2 rings (SSSR count). The first-order chi connectivity index (χ1) is 6.24. The van der Waals surface area contributed by atoms with Crippen molar-refractivity contribution in [3.8, 4) is 0 Å². The lowest BCUT2D eigenvalue weighted by Crippen LogP contribution is -1.85. The number of fused-ring (bicyclic) bond motifs is 1. The highest BCUT2D eigenvalue weighted by molar-refractivity contribution is 14.1. The van der Waals surface area contributed by atoms with Gasteiger partial charge in [-0.3, -0.25) is 4.79 Å². The zero-order valence-electron chi connectivity index (χ0n) is 6.38. The van der Waals surface area contributed by atoms with E-state index in [4.69, 9.17) is 0 Å². The summed E-state index contributed by atoms with van der Waals surface area (Å²) in [6.45, 7) is 0. The topological polar surface area (TPSA) is 17.1 Å². The van der Waals surface area contributed by atoms with E-state index in [0.717, 1.165) is 24.6 Å². The molecule has 0 spiro atoms. The Balaban J connectivity index is 2.91. The van der Waals surface area contributed by atoms with Gasteiger partial charge in [0.25, 0.3) is 0 Å². The lowest BCUT2D eigenvalue weighted by molar-refractivity contribution is 0.112. The molecule has 2 aromatic rings. The number of benzene rings is 1. The van der Waals surface area contributed by atoms with Crippen LogP contribution in [-0.2, 0) is 0 Å². The van der Waals surface area contributed by atoms with Gasteiger partial charge in [0.05, 0.1) is 0 Å². The number of aldehydes is 1. The Morgan fingerprint density at radius 1 is 1.54 bits per heavy atom. The number of hydrogen-bond donors (Lipinski definition) is 0. The van der Waals surface area contributed by atoms with Gasteiger partial charge in [0.1, 0.15) is 0 Å². The van der Waals surface area contributed by atoms with E-state index in [1.807, 2.05) is 11.4 Å². The molecule has 66 valence electrons. The molecule has 0 N–H and O–H groups in total. The predicted octanol–water partition coefficient (Wildman–Crippen LogP) is 4.08. The maximum atomic E-state index is 10.7. The number of hydrogen-bond acceptors (Lipinski definition) is 2. The molecular weight excluding hydrogens is 363 g/mol. The average Bonchev–Trinajstić information content (AvgIpc) is 2.59. The maximum absolute atomic E-state index is 10.7. The number of carbonyl (C=O) groups excluding carboxylic acids is 1. The molecule has 0 saturated carbocycles. The highest BCUT2D eigenvalue weighted by Crippen LogP contribution is 2.33. The first-order valence-electron chi connectivity index (χ1n) is 3.54. The summed E-state index contributed by atoms with van der Waals surface area (Å²) < 4.78 is 3.17. The van der Waals surface area contributed by atoms with E-state index in [9.17, 15) is 4.79 Å². The van der Waals surface area contributed by atoms with Crippen LogP contribution in [0.25, 0.3) is 10.1 Å². The summed E-state index contributed by atoms with van der Waals surface area (Å²) in [5, 5.41) is 3.25. The van der Waals surface area contributed by atoms with Crippen LogP contribution in [-0.4, -0.2) is 6.29 Å². The van der Waals surface area contributed by atoms with E-state index < -0.39 is 0 Å². The zero-order valence-corrected chi connectivity index (χ0v) is 10.9. The minimum absolute atomic E-state index is 0.722. The van der Waals surface area contributed by atoms with Crippen molar-refractivity contribution in [2.75, 3.05) is 0 Å². The van der Waals surface area contributed by atoms with E-state index in [0.29, 0.717) is 0 Å². The van der Waals surface area contributed by atoms with Crippen LogP contribution in [0.15, 0.2) is 22.0 Å². The fraction of sp³-hybridized carbons (Fsp3) is 0. The van der Waals surface area contributed by atoms with Crippen LogP contribution in [0, 0.1) is 3.57 Å². The molecule has 0 saturated heterocycles. The average molecular weight is 367 g/mol. The van der Waals surface area contributed by atoms with Crippen LogP contribution in [0.3, 0.4) is 0 Å². The van der Waals surface area contributed by atoms with Crippen LogP contribution in [0.5, 0.6) is 0 Å². The van der Waals surface area contributed by atoms with Crippen molar-refractivity contribution in [3.63, 3.8) is 0 Å². The van der Waals surface area contributed by atoms with Crippen LogP contribution in [0.1, 0.15) is 10.4 Å². The van der Waals surface area contributed by atoms with Gasteiger partial charge in [-0.1, -0.05) is 0 Å². The second kappa shape index (κ2) is 3.67. The van der Waals surface area contributed by atoms with Crippen molar-refractivity contribution < 1.29 is 4.79 Å². The molecule has 0 bridgehead atoms. The molecule has 0 amide bonds. The van der Waals surface area contributed by atoms with Crippen molar-refractivity contribution in [1.29, 1.82) is 0 Å². The van der Waals surface area contributed by atoms with Crippen molar-refractivity contribution >= 4 is 66.2 Å². The lowest BCUT2D eigenvalue weighted by Gasteiger charge is -2.01. The summed E-state index contributed by atoms with van der Waals surface area (Å²) in [4.78, 5) is 10.7. The quantitative estimate of drug-likeness (QED) is 0.549. The highest BCUT2D eigenvalue weighted by Gasteiger charge is 2.08. The summed E-state index contributed by atoms with van der Waals surface area (Å²) in [7, 11) is 0. The molecule has 0 aliphatic rings. The van der Waals surface area contributed by atoms with Crippen LogP contribution in [0.2, 0.25) is 0 Å². The standard InChI is InChI=1S/C9H4BrIOS/c10-8-5(4-12)3-7-6(9(8)11)1-2-13-7/h1-4H. The van der Waals surface area contributed by atoms with Crippen molar-refractivity contribution in [1.82, 2.24) is 0 Å². The third-order valence-corrected chi connectivity index (χ3v) is 5.37. The van der Waals surface area contributed by atoms with Gasteiger partial charge in [0.15, 0.2) is 6.29 Å². The summed E-state index contributed by atoms with van der Waals surface area (Å²) in [5.41, 5.74) is 0.722. The van der Waals surface area contributed by atoms with E-state index in [2.05, 4.69) is 44.6 Å². The minimum Gasteiger partial charge on any atom is -0.298 e. The number of rotatable bonds is 1. The zero-order chi connectivity index (χ0) is 9.42. The molecule has 1 nitrogen and oxygen atoms in total. The summed E-state index contributed by atoms with van der Waals surface area (Å²) in [6, 6.07) is 3.99. The molecule has 0 unspecified atom stereocenters. The number of carbonyl (C=O) groups is 1. The maximum Gasteiger partial charge on any atom is 0.151 e. The van der Waals surface area contributed by atoms with Crippen LogP contribution < -0.4 is 0 Å². The highest BCUT2D eigenvalue weighted by atomic mass is 127. The van der Waals surface area contributed by atoms with Gasteiger partial charge in [-0.25, -0.2) is 0 Å². The van der Waals surface area contributed by atoms with Gasteiger partial charge < -0.3 is 0 Å². The number of thiophene rings is 1. The van der Waals surface area contributed by atoms with Crippen molar-refractivity contribution in [2.45, 2.75) is 0 Å². The van der Waals surface area contributed by atoms with E-state index >= 15 is 0 Å². The molecule has 0 aliphatic heterocycles. The van der Waals surface area contributed by atoms with E-state index in [-0.39, 0.29) is 0 Å². The van der Waals surface area contributed by atoms with Gasteiger partial charge in [-0.15, -0.1) is 11.3 Å². The Labute approximate surface area is 101 Å². The van der Waals surface area contributed by atoms with Gasteiger partial charge >= 0.3 is 0 Å². The lowest BCUT2D eigenvalue weighted by atomic mass is 10.2. The molecular formula is C9H4BrIOS. The Morgan fingerprint density at radius 3 is 3.00 bits per heavy atom. The Kier molecular flexibility index (Phi) is 2.71. The second-order valence-corrected chi connectivity index (χ2v) is 5.36. The van der Waals surface area contributed by atoms with E-state index in [1.54, 1.807) is 11.3 Å². The Bertz CT molecular complexity index is 478. The largest absolute Gasteiger partial charge is 0.298 e. The summed E-state index contributed by atoms with van der Waals surface area (Å²) in [5.74, 6) is 0. The smallest absolute Gasteiger partial charge is 0.151 e. The fourth-order valence-corrected chi connectivity index (χ4v) is 3.38. The Hall–Kier alpha value is 0.0600. The fourth-order valence-electron chi connectivity index (χ4n) is 1.15. The minimum atomic E-state index is 0.722. The summed E-state index contributed by atoms with van der Waals surface area (Å²) in [6.07, 6.45) is 0.880. The van der Waals surface area contributed by atoms with Gasteiger partial charge in [-0.05, 0) is 56.0 Å². The van der Waals surface area contributed by atoms with Crippen LogP contribution >= 0.6 is 49.9 Å². The first kappa shape index (κ1) is 9.61.